The summed E-state index contributed by atoms with van der Waals surface area (Å²) in [6.45, 7) is 12.9. The minimum absolute atomic E-state index is 0.0339. The number of hydrogen-bond donors (Lipinski definition) is 1. The van der Waals surface area contributed by atoms with Crippen molar-refractivity contribution in [1.29, 1.82) is 0 Å². The molecule has 0 aromatic carbocycles. The molecule has 0 aliphatic heterocycles. The van der Waals surface area contributed by atoms with E-state index in [0.717, 1.165) is 13.0 Å². The Labute approximate surface area is 116 Å². The third-order valence-corrected chi connectivity index (χ3v) is 2.47. The van der Waals surface area contributed by atoms with Crippen LogP contribution in [0, 0.1) is 5.92 Å². The van der Waals surface area contributed by atoms with Crippen molar-refractivity contribution < 1.29 is 14.3 Å². The maximum absolute atomic E-state index is 11.4. The van der Waals surface area contributed by atoms with Crippen molar-refractivity contribution in [3.8, 4) is 0 Å². The first-order valence-electron chi connectivity index (χ1n) is 6.84. The second kappa shape index (κ2) is 8.02. The molecular weight excluding hydrogens is 244 g/mol. The van der Waals surface area contributed by atoms with Crippen LogP contribution in [0.15, 0.2) is 0 Å². The van der Waals surface area contributed by atoms with Gasteiger partial charge in [-0.2, -0.15) is 0 Å². The highest BCUT2D eigenvalue weighted by Crippen LogP contribution is 2.06. The molecule has 19 heavy (non-hydrogen) atoms. The van der Waals surface area contributed by atoms with E-state index in [0.29, 0.717) is 19.0 Å². The lowest BCUT2D eigenvalue weighted by atomic mass is 10.1. The smallest absolute Gasteiger partial charge is 0.407 e. The SMILES string of the molecule is CC(=O)N(CCNC(=O)OC(C)(C)C)CCC(C)C. The molecule has 0 bridgehead atoms. The maximum Gasteiger partial charge on any atom is 0.407 e. The second-order valence-electron chi connectivity index (χ2n) is 6.12. The third-order valence-electron chi connectivity index (χ3n) is 2.47. The molecule has 0 radical (unpaired) electrons. The highest BCUT2D eigenvalue weighted by Gasteiger charge is 2.16. The Balaban J connectivity index is 3.99. The lowest BCUT2D eigenvalue weighted by molar-refractivity contribution is -0.129. The van der Waals surface area contributed by atoms with Gasteiger partial charge in [0.15, 0.2) is 0 Å². The Morgan fingerprint density at radius 2 is 1.79 bits per heavy atom. The fraction of sp³-hybridized carbons (Fsp3) is 0.857. The van der Waals surface area contributed by atoms with E-state index in [1.54, 1.807) is 11.8 Å². The molecule has 0 spiro atoms. The molecule has 112 valence electrons. The summed E-state index contributed by atoms with van der Waals surface area (Å²) in [5, 5.41) is 2.66. The van der Waals surface area contributed by atoms with Crippen molar-refractivity contribution in [2.75, 3.05) is 19.6 Å². The van der Waals surface area contributed by atoms with Gasteiger partial charge in [-0.1, -0.05) is 13.8 Å². The summed E-state index contributed by atoms with van der Waals surface area (Å²) in [6.07, 6.45) is 0.520. The van der Waals surface area contributed by atoms with Crippen molar-refractivity contribution in [3.63, 3.8) is 0 Å². The van der Waals surface area contributed by atoms with Crippen molar-refractivity contribution in [1.82, 2.24) is 10.2 Å². The van der Waals surface area contributed by atoms with Gasteiger partial charge >= 0.3 is 6.09 Å². The molecule has 5 nitrogen and oxygen atoms in total. The van der Waals surface area contributed by atoms with Crippen LogP contribution in [0.5, 0.6) is 0 Å². The molecule has 0 aliphatic carbocycles. The summed E-state index contributed by atoms with van der Waals surface area (Å²) < 4.78 is 5.12. The summed E-state index contributed by atoms with van der Waals surface area (Å²) in [6, 6.07) is 0. The molecule has 0 unspecified atom stereocenters. The number of carbonyl (C=O) groups excluding carboxylic acids is 2. The monoisotopic (exact) mass is 272 g/mol. The lowest BCUT2D eigenvalue weighted by Gasteiger charge is -2.23. The fourth-order valence-electron chi connectivity index (χ4n) is 1.45. The molecule has 0 fully saturated rings. The summed E-state index contributed by atoms with van der Waals surface area (Å²) in [4.78, 5) is 24.6. The minimum Gasteiger partial charge on any atom is -0.444 e. The molecule has 0 aromatic rings. The van der Waals surface area contributed by atoms with Crippen molar-refractivity contribution in [2.45, 2.75) is 53.6 Å². The van der Waals surface area contributed by atoms with Crippen molar-refractivity contribution in [3.05, 3.63) is 0 Å². The van der Waals surface area contributed by atoms with Crippen LogP contribution in [0.2, 0.25) is 0 Å². The Bertz CT molecular complexity index is 296. The number of rotatable bonds is 6. The van der Waals surface area contributed by atoms with Gasteiger partial charge < -0.3 is 15.0 Å². The average Bonchev–Trinajstić information content (AvgIpc) is 2.19. The van der Waals surface area contributed by atoms with Gasteiger partial charge in [0.05, 0.1) is 0 Å². The Kier molecular flexibility index (Phi) is 7.49. The van der Waals surface area contributed by atoms with Gasteiger partial charge in [-0.3, -0.25) is 4.79 Å². The summed E-state index contributed by atoms with van der Waals surface area (Å²) in [5.74, 6) is 0.590. The number of amides is 2. The van der Waals surface area contributed by atoms with Crippen molar-refractivity contribution >= 4 is 12.0 Å². The molecule has 0 aromatic heterocycles. The summed E-state index contributed by atoms with van der Waals surface area (Å²) in [5.41, 5.74) is -0.498. The molecule has 0 heterocycles. The Hall–Kier alpha value is -1.26. The zero-order valence-electron chi connectivity index (χ0n) is 13.1. The van der Waals surface area contributed by atoms with Crippen LogP contribution >= 0.6 is 0 Å². The van der Waals surface area contributed by atoms with Crippen LogP contribution in [0.1, 0.15) is 48.0 Å². The van der Waals surface area contributed by atoms with E-state index in [-0.39, 0.29) is 5.91 Å². The highest BCUT2D eigenvalue weighted by molar-refractivity contribution is 5.73. The van der Waals surface area contributed by atoms with Gasteiger partial charge in [0.25, 0.3) is 0 Å². The molecule has 0 rings (SSSR count). The quantitative estimate of drug-likeness (QED) is 0.807. The number of ether oxygens (including phenoxy) is 1. The predicted octanol–water partition coefficient (Wildman–Crippen LogP) is 2.41. The van der Waals surface area contributed by atoms with Crippen LogP contribution in [0.4, 0.5) is 4.79 Å². The lowest BCUT2D eigenvalue weighted by Crippen LogP contribution is -2.40. The van der Waals surface area contributed by atoms with Crippen LogP contribution in [0.25, 0.3) is 0 Å². The first-order chi connectivity index (χ1) is 8.61. The van der Waals surface area contributed by atoms with Crippen LogP contribution in [0.3, 0.4) is 0 Å². The highest BCUT2D eigenvalue weighted by atomic mass is 16.6. The second-order valence-corrected chi connectivity index (χ2v) is 6.12. The van der Waals surface area contributed by atoms with Crippen molar-refractivity contribution in [2.24, 2.45) is 5.92 Å². The van der Waals surface area contributed by atoms with E-state index in [2.05, 4.69) is 19.2 Å². The fourth-order valence-corrected chi connectivity index (χ4v) is 1.45. The Morgan fingerprint density at radius 3 is 2.21 bits per heavy atom. The number of alkyl carbamates (subject to hydrolysis) is 1. The predicted molar refractivity (Wildman–Crippen MR) is 75.9 cm³/mol. The van der Waals surface area contributed by atoms with Gasteiger partial charge in [-0.05, 0) is 33.1 Å². The average molecular weight is 272 g/mol. The first kappa shape index (κ1) is 17.7. The molecular formula is C14H28N2O3. The van der Waals surface area contributed by atoms with E-state index in [1.165, 1.54) is 0 Å². The number of nitrogens with one attached hydrogen (secondary N) is 1. The summed E-state index contributed by atoms with van der Waals surface area (Å²) in [7, 11) is 0. The van der Waals surface area contributed by atoms with E-state index in [9.17, 15) is 9.59 Å². The van der Waals surface area contributed by atoms with E-state index >= 15 is 0 Å². The molecule has 1 N–H and O–H groups in total. The topological polar surface area (TPSA) is 58.6 Å². The first-order valence-corrected chi connectivity index (χ1v) is 6.84. The van der Waals surface area contributed by atoms with E-state index in [4.69, 9.17) is 4.74 Å². The van der Waals surface area contributed by atoms with Gasteiger partial charge in [0.1, 0.15) is 5.60 Å². The molecule has 0 aliphatic rings. The van der Waals surface area contributed by atoms with Gasteiger partial charge in [0, 0.05) is 26.6 Å². The summed E-state index contributed by atoms with van der Waals surface area (Å²) >= 11 is 0. The molecule has 2 amide bonds. The third kappa shape index (κ3) is 10.4. The molecule has 0 saturated carbocycles. The zero-order valence-corrected chi connectivity index (χ0v) is 13.1. The molecule has 0 saturated heterocycles. The number of hydrogen-bond acceptors (Lipinski definition) is 3. The number of nitrogens with zero attached hydrogens (tertiary/aromatic N) is 1. The van der Waals surface area contributed by atoms with Crippen LogP contribution in [-0.4, -0.2) is 42.1 Å². The van der Waals surface area contributed by atoms with E-state index < -0.39 is 11.7 Å². The zero-order chi connectivity index (χ0) is 15.1. The molecule has 0 atom stereocenters. The standard InChI is InChI=1S/C14H28N2O3/c1-11(2)7-9-16(12(3)17)10-8-15-13(18)19-14(4,5)6/h11H,7-10H2,1-6H3,(H,15,18). The Morgan fingerprint density at radius 1 is 1.21 bits per heavy atom. The van der Waals surface area contributed by atoms with Gasteiger partial charge in [-0.15, -0.1) is 0 Å². The minimum atomic E-state index is -0.498. The number of carbonyl (C=O) groups is 2. The maximum atomic E-state index is 11.4. The largest absolute Gasteiger partial charge is 0.444 e. The molecule has 5 heteroatoms. The van der Waals surface area contributed by atoms with Gasteiger partial charge in [-0.25, -0.2) is 4.79 Å². The van der Waals surface area contributed by atoms with Crippen LogP contribution < -0.4 is 5.32 Å². The van der Waals surface area contributed by atoms with Gasteiger partial charge in [0.2, 0.25) is 5.91 Å². The normalized spacial score (nSPS) is 11.3. The van der Waals surface area contributed by atoms with Crippen LogP contribution in [-0.2, 0) is 9.53 Å². The van der Waals surface area contributed by atoms with E-state index in [1.807, 2.05) is 20.8 Å².